The Labute approximate surface area is 223 Å². The van der Waals surface area contributed by atoms with Gasteiger partial charge in [-0.25, -0.2) is 14.4 Å². The molecule has 0 aliphatic rings. The third-order valence-corrected chi connectivity index (χ3v) is 5.04. The van der Waals surface area contributed by atoms with Gasteiger partial charge < -0.3 is 30.1 Å². The van der Waals surface area contributed by atoms with Crippen LogP contribution < -0.4 is 21.9 Å². The Morgan fingerprint density at radius 1 is 1.10 bits per heavy atom. The van der Waals surface area contributed by atoms with Gasteiger partial charge in [0.1, 0.15) is 25.3 Å². The molecular formula is C25H33N5O9. The van der Waals surface area contributed by atoms with E-state index in [1.807, 2.05) is 6.07 Å². The van der Waals surface area contributed by atoms with Crippen LogP contribution in [-0.2, 0) is 32.2 Å². The summed E-state index contributed by atoms with van der Waals surface area (Å²) in [7, 11) is 0. The molecule has 0 saturated heterocycles. The second-order valence-corrected chi connectivity index (χ2v) is 9.65. The number of hydrogen-bond donors (Lipinski definition) is 4. The zero-order chi connectivity index (χ0) is 29.2. The third kappa shape index (κ3) is 11.1. The summed E-state index contributed by atoms with van der Waals surface area (Å²) in [6.45, 7) is 4.43. The van der Waals surface area contributed by atoms with E-state index >= 15 is 0 Å². The lowest BCUT2D eigenvalue weighted by Gasteiger charge is -2.28. The molecule has 2 rings (SSSR count). The number of aryl methyl sites for hydroxylation is 1. The van der Waals surface area contributed by atoms with Crippen molar-refractivity contribution in [2.24, 2.45) is 0 Å². The van der Waals surface area contributed by atoms with Gasteiger partial charge in [-0.2, -0.15) is 0 Å². The van der Waals surface area contributed by atoms with Crippen molar-refractivity contribution < 1.29 is 33.8 Å². The maximum absolute atomic E-state index is 13.0. The van der Waals surface area contributed by atoms with E-state index in [-0.39, 0.29) is 25.3 Å². The molecule has 4 N–H and O–H groups in total. The number of alkyl carbamates (subject to hydrolysis) is 2. The number of rotatable bonds is 11. The van der Waals surface area contributed by atoms with Gasteiger partial charge >= 0.3 is 23.8 Å². The Kier molecular flexibility index (Phi) is 10.8. The Bertz CT molecular complexity index is 1280. The first-order valence-corrected chi connectivity index (χ1v) is 12.0. The first-order valence-electron chi connectivity index (χ1n) is 12.0. The lowest BCUT2D eigenvalue weighted by atomic mass is 10.2. The second-order valence-electron chi connectivity index (χ2n) is 9.65. The first kappa shape index (κ1) is 30.6. The molecule has 0 radical (unpaired) electrons. The fraction of sp³-hybridized carbons (Fsp3) is 0.440. The standard InChI is InChI=1S/C25H33N5O9/c1-16-11-30(22(35)28-21(16)34)13-19(31)29(14-20(32)33)12-18(27-24(37)39-25(2,3)4)10-26-23(36)38-15-17-8-6-5-7-9-17/h5-9,11,18H,10,12-15H2,1-4H3,(H,26,36)(H,27,37)(H,32,33)(H,28,34,35)/t18-/m1/s1. The van der Waals surface area contributed by atoms with Gasteiger partial charge in [0, 0.05) is 24.8 Å². The molecule has 3 amide bonds. The van der Waals surface area contributed by atoms with Crippen LogP contribution in [0.4, 0.5) is 9.59 Å². The Morgan fingerprint density at radius 2 is 1.77 bits per heavy atom. The van der Waals surface area contributed by atoms with Crippen molar-refractivity contribution >= 4 is 24.1 Å². The average molecular weight is 548 g/mol. The quantitative estimate of drug-likeness (QED) is 0.312. The van der Waals surface area contributed by atoms with Crippen LogP contribution >= 0.6 is 0 Å². The number of benzene rings is 1. The highest BCUT2D eigenvalue weighted by molar-refractivity contribution is 5.81. The summed E-state index contributed by atoms with van der Waals surface area (Å²) in [6.07, 6.45) is -0.484. The molecular weight excluding hydrogens is 514 g/mol. The maximum atomic E-state index is 13.0. The summed E-state index contributed by atoms with van der Waals surface area (Å²) < 4.78 is 11.3. The smallest absolute Gasteiger partial charge is 0.407 e. The van der Waals surface area contributed by atoms with Crippen LogP contribution in [0.3, 0.4) is 0 Å². The van der Waals surface area contributed by atoms with E-state index in [2.05, 4.69) is 15.6 Å². The van der Waals surface area contributed by atoms with Crippen molar-refractivity contribution in [3.8, 4) is 0 Å². The average Bonchev–Trinajstić information content (AvgIpc) is 2.83. The van der Waals surface area contributed by atoms with Crippen LogP contribution in [0.1, 0.15) is 31.9 Å². The molecule has 1 aromatic carbocycles. The number of nitrogens with zero attached hydrogens (tertiary/aromatic N) is 2. The molecule has 2 aromatic rings. The molecule has 1 heterocycles. The van der Waals surface area contributed by atoms with Crippen LogP contribution in [0.15, 0.2) is 46.1 Å². The van der Waals surface area contributed by atoms with E-state index in [4.69, 9.17) is 9.47 Å². The zero-order valence-electron chi connectivity index (χ0n) is 22.2. The van der Waals surface area contributed by atoms with E-state index < -0.39 is 60.0 Å². The molecule has 14 nitrogen and oxygen atoms in total. The van der Waals surface area contributed by atoms with Crippen LogP contribution in [-0.4, -0.2) is 74.9 Å². The minimum Gasteiger partial charge on any atom is -0.480 e. The Morgan fingerprint density at radius 3 is 2.38 bits per heavy atom. The van der Waals surface area contributed by atoms with Crippen molar-refractivity contribution in [3.05, 3.63) is 68.5 Å². The highest BCUT2D eigenvalue weighted by Gasteiger charge is 2.26. The fourth-order valence-corrected chi connectivity index (χ4v) is 3.28. The summed E-state index contributed by atoms with van der Waals surface area (Å²) in [5, 5.41) is 14.4. The molecule has 0 aliphatic carbocycles. The van der Waals surface area contributed by atoms with Gasteiger partial charge in [0.2, 0.25) is 5.91 Å². The van der Waals surface area contributed by atoms with Crippen molar-refractivity contribution in [2.45, 2.75) is 52.5 Å². The maximum Gasteiger partial charge on any atom is 0.407 e. The predicted molar refractivity (Wildman–Crippen MR) is 138 cm³/mol. The third-order valence-electron chi connectivity index (χ3n) is 5.04. The van der Waals surface area contributed by atoms with Crippen LogP contribution in [0, 0.1) is 6.92 Å². The highest BCUT2D eigenvalue weighted by atomic mass is 16.6. The number of carboxylic acids is 1. The van der Waals surface area contributed by atoms with Gasteiger partial charge in [0.05, 0.1) is 6.04 Å². The minimum absolute atomic E-state index is 0.00616. The van der Waals surface area contributed by atoms with Crippen LogP contribution in [0.25, 0.3) is 0 Å². The summed E-state index contributed by atoms with van der Waals surface area (Å²) in [6, 6.07) is 7.92. The van der Waals surface area contributed by atoms with Gasteiger partial charge in [0.25, 0.3) is 5.56 Å². The fourth-order valence-electron chi connectivity index (χ4n) is 3.28. The second kappa shape index (κ2) is 13.8. The number of aromatic nitrogens is 2. The van der Waals surface area contributed by atoms with Crippen molar-refractivity contribution in [2.75, 3.05) is 19.6 Å². The number of carbonyl (C=O) groups is 4. The molecule has 0 fully saturated rings. The van der Waals surface area contributed by atoms with E-state index in [0.29, 0.717) is 0 Å². The molecule has 39 heavy (non-hydrogen) atoms. The lowest BCUT2D eigenvalue weighted by Crippen LogP contribution is -2.53. The van der Waals surface area contributed by atoms with Gasteiger partial charge in [0.15, 0.2) is 0 Å². The molecule has 0 bridgehead atoms. The van der Waals surface area contributed by atoms with Gasteiger partial charge in [-0.15, -0.1) is 0 Å². The zero-order valence-corrected chi connectivity index (χ0v) is 22.2. The van der Waals surface area contributed by atoms with E-state index in [1.165, 1.54) is 13.1 Å². The Hall–Kier alpha value is -4.62. The minimum atomic E-state index is -1.35. The highest BCUT2D eigenvalue weighted by Crippen LogP contribution is 2.07. The van der Waals surface area contributed by atoms with Gasteiger partial charge in [-0.3, -0.25) is 23.9 Å². The predicted octanol–water partition coefficient (Wildman–Crippen LogP) is 0.578. The molecule has 1 atom stereocenters. The van der Waals surface area contributed by atoms with Crippen LogP contribution in [0.5, 0.6) is 0 Å². The summed E-state index contributed by atoms with van der Waals surface area (Å²) in [4.78, 5) is 75.9. The van der Waals surface area contributed by atoms with Gasteiger partial charge in [-0.1, -0.05) is 30.3 Å². The molecule has 0 unspecified atom stereocenters. The number of ether oxygens (including phenoxy) is 2. The summed E-state index contributed by atoms with van der Waals surface area (Å²) in [5.74, 6) is -2.13. The number of carboxylic acid groups (broad SMARTS) is 1. The van der Waals surface area contributed by atoms with E-state index in [9.17, 15) is 33.9 Å². The van der Waals surface area contributed by atoms with Crippen molar-refractivity contribution in [3.63, 3.8) is 0 Å². The number of carbonyl (C=O) groups excluding carboxylic acids is 3. The van der Waals surface area contributed by atoms with E-state index in [1.54, 1.807) is 45.0 Å². The molecule has 0 saturated carbocycles. The molecule has 212 valence electrons. The molecule has 0 spiro atoms. The topological polar surface area (TPSA) is 189 Å². The number of aromatic amines is 1. The Balaban J connectivity index is 2.16. The van der Waals surface area contributed by atoms with Crippen molar-refractivity contribution in [1.82, 2.24) is 25.1 Å². The molecule has 14 heteroatoms. The first-order chi connectivity index (χ1) is 18.2. The lowest BCUT2D eigenvalue weighted by molar-refractivity contribution is -0.145. The molecule has 1 aromatic heterocycles. The number of nitrogens with one attached hydrogen (secondary N) is 3. The number of hydrogen-bond acceptors (Lipinski definition) is 8. The van der Waals surface area contributed by atoms with Crippen LogP contribution in [0.2, 0.25) is 0 Å². The monoisotopic (exact) mass is 547 g/mol. The summed E-state index contributed by atoms with van der Waals surface area (Å²) in [5.41, 5.74) is -1.38. The largest absolute Gasteiger partial charge is 0.480 e. The number of aliphatic carboxylic acids is 1. The SMILES string of the molecule is Cc1cn(CC(=O)N(CC(=O)O)C[C@@H](CNC(=O)OCc2ccccc2)NC(=O)OC(C)(C)C)c(=O)[nH]c1=O. The summed E-state index contributed by atoms with van der Waals surface area (Å²) >= 11 is 0. The number of amides is 3. The van der Waals surface area contributed by atoms with Gasteiger partial charge in [-0.05, 0) is 33.3 Å². The normalized spacial score (nSPS) is 11.7. The van der Waals surface area contributed by atoms with E-state index in [0.717, 1.165) is 15.0 Å². The van der Waals surface area contributed by atoms with Crippen molar-refractivity contribution in [1.29, 1.82) is 0 Å². The molecule has 0 aliphatic heterocycles. The number of H-pyrrole nitrogens is 1.